The van der Waals surface area contributed by atoms with E-state index in [1.807, 2.05) is 29.0 Å². The van der Waals surface area contributed by atoms with Gasteiger partial charge in [-0.25, -0.2) is 14.6 Å². The Morgan fingerprint density at radius 1 is 1.31 bits per heavy atom. The third-order valence-corrected chi connectivity index (χ3v) is 5.13. The highest BCUT2D eigenvalue weighted by Crippen LogP contribution is 2.31. The van der Waals surface area contributed by atoms with Crippen LogP contribution in [0, 0.1) is 5.92 Å². The number of pyridine rings is 1. The molecule has 1 saturated heterocycles. The molecule has 0 saturated carbocycles. The van der Waals surface area contributed by atoms with Gasteiger partial charge in [0.15, 0.2) is 0 Å². The van der Waals surface area contributed by atoms with Crippen LogP contribution in [-0.4, -0.2) is 45.2 Å². The largest absolute Gasteiger partial charge is 0.480 e. The first-order valence-corrected chi connectivity index (χ1v) is 10.2. The van der Waals surface area contributed by atoms with Crippen molar-refractivity contribution in [2.24, 2.45) is 5.92 Å². The van der Waals surface area contributed by atoms with E-state index in [-0.39, 0.29) is 18.9 Å². The molecule has 0 unspecified atom stereocenters. The summed E-state index contributed by atoms with van der Waals surface area (Å²) >= 11 is 1.58. The van der Waals surface area contributed by atoms with Crippen LogP contribution in [-0.2, 0) is 9.53 Å². The van der Waals surface area contributed by atoms with Gasteiger partial charge in [-0.2, -0.15) is 11.3 Å². The summed E-state index contributed by atoms with van der Waals surface area (Å²) in [5.41, 5.74) is 1.06. The fourth-order valence-corrected chi connectivity index (χ4v) is 3.74. The number of aliphatic carboxylic acids is 1. The second kappa shape index (κ2) is 8.24. The van der Waals surface area contributed by atoms with Crippen molar-refractivity contribution in [3.63, 3.8) is 0 Å². The number of aromatic nitrogens is 1. The fourth-order valence-electron chi connectivity index (χ4n) is 3.09. The first-order valence-electron chi connectivity index (χ1n) is 9.23. The van der Waals surface area contributed by atoms with Gasteiger partial charge in [0, 0.05) is 29.5 Å². The van der Waals surface area contributed by atoms with Gasteiger partial charge in [-0.05, 0) is 44.7 Å². The lowest BCUT2D eigenvalue weighted by molar-refractivity contribution is -0.142. The molecule has 2 aromatic rings. The van der Waals surface area contributed by atoms with E-state index in [1.165, 1.54) is 4.90 Å². The number of carbonyl (C=O) groups is 2. The van der Waals surface area contributed by atoms with Crippen molar-refractivity contribution in [1.82, 2.24) is 9.88 Å². The number of carboxylic acid groups (broad SMARTS) is 1. The molecule has 1 amide bonds. The van der Waals surface area contributed by atoms with Crippen molar-refractivity contribution >= 4 is 23.4 Å². The molecule has 3 rings (SSSR count). The summed E-state index contributed by atoms with van der Waals surface area (Å²) in [4.78, 5) is 29.8. The molecule has 0 radical (unpaired) electrons. The predicted molar refractivity (Wildman–Crippen MR) is 110 cm³/mol. The summed E-state index contributed by atoms with van der Waals surface area (Å²) in [5, 5.41) is 13.5. The Bertz CT molecular complexity index is 904. The molecular weight excluding hydrogens is 392 g/mol. The Labute approximate surface area is 173 Å². The molecule has 7 nitrogen and oxygen atoms in total. The molecule has 8 heteroatoms. The number of rotatable bonds is 5. The Hall–Kier alpha value is -2.87. The summed E-state index contributed by atoms with van der Waals surface area (Å²) in [5.74, 6) is -0.669. The van der Waals surface area contributed by atoms with Gasteiger partial charge in [0.05, 0.1) is 5.69 Å². The van der Waals surface area contributed by atoms with E-state index < -0.39 is 23.7 Å². The van der Waals surface area contributed by atoms with Crippen LogP contribution in [0.1, 0.15) is 27.2 Å². The number of ether oxygens (including phenoxy) is 2. The third-order valence-electron chi connectivity index (χ3n) is 4.45. The zero-order valence-electron chi connectivity index (χ0n) is 16.6. The first kappa shape index (κ1) is 20.9. The van der Waals surface area contributed by atoms with Crippen LogP contribution in [0.5, 0.6) is 5.88 Å². The predicted octanol–water partition coefficient (Wildman–Crippen LogP) is 4.41. The van der Waals surface area contributed by atoms with Crippen LogP contribution in [0.4, 0.5) is 4.79 Å². The molecule has 0 aliphatic carbocycles. The highest BCUT2D eigenvalue weighted by molar-refractivity contribution is 7.08. The van der Waals surface area contributed by atoms with Gasteiger partial charge in [-0.15, -0.1) is 0 Å². The number of nitrogens with zero attached hydrogens (tertiary/aromatic N) is 2. The fraction of sp³-hybridized carbons (Fsp3) is 0.381. The molecule has 1 aliphatic heterocycles. The molecule has 1 fully saturated rings. The second-order valence-electron chi connectivity index (χ2n) is 7.86. The van der Waals surface area contributed by atoms with Gasteiger partial charge < -0.3 is 14.6 Å². The average Bonchev–Trinajstić information content (AvgIpc) is 3.30. The maximum atomic E-state index is 12.4. The van der Waals surface area contributed by atoms with Crippen molar-refractivity contribution in [2.75, 3.05) is 6.54 Å². The summed E-state index contributed by atoms with van der Waals surface area (Å²) in [6, 6.07) is 6.43. The molecule has 0 bridgehead atoms. The number of likely N-dealkylation sites (tertiary alicyclic amines) is 1. The summed E-state index contributed by atoms with van der Waals surface area (Å²) in [6.07, 6.45) is -0.449. The number of amides is 1. The van der Waals surface area contributed by atoms with E-state index in [0.717, 1.165) is 11.3 Å². The minimum atomic E-state index is -1.08. The van der Waals surface area contributed by atoms with Crippen molar-refractivity contribution in [3.8, 4) is 17.1 Å². The van der Waals surface area contributed by atoms with E-state index in [9.17, 15) is 14.7 Å². The van der Waals surface area contributed by atoms with Gasteiger partial charge in [0.2, 0.25) is 5.88 Å². The smallest absolute Gasteiger partial charge is 0.411 e. The number of thiophene rings is 1. The number of carbonyl (C=O) groups excluding carboxylic acids is 1. The minimum absolute atomic E-state index is 0.162. The standard InChI is InChI=1S/C21H24N2O5S/c1-13(27-18-7-5-6-16(22-18)14-8-9-29-12-14)15-10-17(19(24)25)23(11-15)20(26)28-21(2,3)4/h5-9,12,15,17H,1,10-11H2,2-4H3,(H,24,25)/t15-,17+/m1/s1. The van der Waals surface area contributed by atoms with Crippen LogP contribution >= 0.6 is 11.3 Å². The van der Waals surface area contributed by atoms with Gasteiger partial charge in [-0.3, -0.25) is 4.90 Å². The van der Waals surface area contributed by atoms with Crippen molar-refractivity contribution in [3.05, 3.63) is 47.4 Å². The second-order valence-corrected chi connectivity index (χ2v) is 8.64. The Morgan fingerprint density at radius 3 is 2.69 bits per heavy atom. The summed E-state index contributed by atoms with van der Waals surface area (Å²) in [7, 11) is 0. The van der Waals surface area contributed by atoms with Gasteiger partial charge in [0.25, 0.3) is 0 Å². The van der Waals surface area contributed by atoms with Crippen LogP contribution in [0.15, 0.2) is 47.4 Å². The molecule has 2 atom stereocenters. The number of carboxylic acids is 1. The molecule has 154 valence electrons. The minimum Gasteiger partial charge on any atom is -0.480 e. The maximum absolute atomic E-state index is 12.4. The number of hydrogen-bond acceptors (Lipinski definition) is 6. The zero-order chi connectivity index (χ0) is 21.2. The topological polar surface area (TPSA) is 89.0 Å². The first-order chi connectivity index (χ1) is 13.6. The van der Waals surface area contributed by atoms with Crippen LogP contribution in [0.2, 0.25) is 0 Å². The molecule has 0 spiro atoms. The Kier molecular flexibility index (Phi) is 5.93. The normalized spacial score (nSPS) is 19.1. The molecule has 0 aromatic carbocycles. The van der Waals surface area contributed by atoms with Crippen LogP contribution < -0.4 is 4.74 Å². The van der Waals surface area contributed by atoms with Crippen LogP contribution in [0.3, 0.4) is 0 Å². The van der Waals surface area contributed by atoms with Gasteiger partial charge >= 0.3 is 12.1 Å². The van der Waals surface area contributed by atoms with Gasteiger partial charge in [-0.1, -0.05) is 12.6 Å². The SMILES string of the molecule is C=C(Oc1cccc(-c2ccsc2)n1)[C@@H]1C[C@@H](C(=O)O)N(C(=O)OC(C)(C)C)C1. The van der Waals surface area contributed by atoms with Crippen molar-refractivity contribution in [1.29, 1.82) is 0 Å². The van der Waals surface area contributed by atoms with Gasteiger partial charge in [0.1, 0.15) is 17.4 Å². The highest BCUT2D eigenvalue weighted by atomic mass is 32.1. The van der Waals surface area contributed by atoms with Crippen molar-refractivity contribution < 1.29 is 24.2 Å². The molecule has 1 aliphatic rings. The van der Waals surface area contributed by atoms with E-state index in [0.29, 0.717) is 11.6 Å². The monoisotopic (exact) mass is 416 g/mol. The molecule has 3 heterocycles. The zero-order valence-corrected chi connectivity index (χ0v) is 17.4. The van der Waals surface area contributed by atoms with Crippen LogP contribution in [0.25, 0.3) is 11.3 Å². The van der Waals surface area contributed by atoms with E-state index in [4.69, 9.17) is 9.47 Å². The van der Waals surface area contributed by atoms with E-state index in [1.54, 1.807) is 38.2 Å². The number of hydrogen-bond donors (Lipinski definition) is 1. The highest BCUT2D eigenvalue weighted by Gasteiger charge is 2.43. The van der Waals surface area contributed by atoms with E-state index in [2.05, 4.69) is 11.6 Å². The third kappa shape index (κ3) is 5.14. The van der Waals surface area contributed by atoms with Crippen molar-refractivity contribution in [2.45, 2.75) is 38.8 Å². The lowest BCUT2D eigenvalue weighted by atomic mass is 10.0. The molecule has 29 heavy (non-hydrogen) atoms. The average molecular weight is 416 g/mol. The summed E-state index contributed by atoms with van der Waals surface area (Å²) < 4.78 is 11.2. The Morgan fingerprint density at radius 2 is 2.07 bits per heavy atom. The molecule has 2 aromatic heterocycles. The molecule has 1 N–H and O–H groups in total. The lowest BCUT2D eigenvalue weighted by Gasteiger charge is -2.26. The lowest BCUT2D eigenvalue weighted by Crippen LogP contribution is -2.43. The maximum Gasteiger partial charge on any atom is 0.411 e. The Balaban J connectivity index is 1.70. The molecular formula is C21H24N2O5S. The quantitative estimate of drug-likeness (QED) is 0.726. The summed E-state index contributed by atoms with van der Waals surface area (Å²) in [6.45, 7) is 9.33. The van der Waals surface area contributed by atoms with E-state index >= 15 is 0 Å².